The lowest BCUT2D eigenvalue weighted by Gasteiger charge is -2.62. The van der Waals surface area contributed by atoms with E-state index in [4.69, 9.17) is 19.4 Å². The number of amides is 5. The maximum atomic E-state index is 14.8. The van der Waals surface area contributed by atoms with E-state index >= 15 is 0 Å². The standard InChI is InChI=1S/C56H74N10O7.4H2S/c1-13-64-45-22-21-37-29-40(45)41(49(64)39-18-15-26-57-47(39)36(4)72-12)31-54(5,6)34-73-52(70)43-20-16-27-66(60-43)51(69)44(30-38-17-14-19-42(37)58-38)59-50(68)48(35(2)3)62(11)53(71)65-28-25-56(65)32-63(33-56)46(67)23-24-55(7,8)61(9)10;;;;/h14-15,17-19,21-22,26,29,35-36,43-44,48,60H,13,16,20,25,27-28,30-34H2,1-12H3,(H,59,68);4*1H2/t36-,43-,44-,48-;;;;/m0..../s1. The average Bonchev–Trinajstić information content (AvgIpc) is 3.64. The second-order valence-corrected chi connectivity index (χ2v) is 22.2. The summed E-state index contributed by atoms with van der Waals surface area (Å²) in [4.78, 5) is 87.8. The molecule has 0 saturated carbocycles. The topological polar surface area (TPSA) is 175 Å². The molecule has 4 aliphatic heterocycles. The molecule has 4 aromatic rings. The van der Waals surface area contributed by atoms with Gasteiger partial charge in [0.1, 0.15) is 18.1 Å². The number of aromatic nitrogens is 3. The Balaban J connectivity index is 0.00000320. The second kappa shape index (κ2) is 25.9. The van der Waals surface area contributed by atoms with Crippen LogP contribution in [0.25, 0.3) is 33.4 Å². The minimum atomic E-state index is -1.13. The minimum absolute atomic E-state index is 0. The first-order valence-electron chi connectivity index (χ1n) is 25.8. The Morgan fingerprint density at radius 3 is 2.35 bits per heavy atom. The van der Waals surface area contributed by atoms with Gasteiger partial charge in [-0.2, -0.15) is 54.0 Å². The van der Waals surface area contributed by atoms with Gasteiger partial charge >= 0.3 is 12.0 Å². The number of fused-ring (bicyclic) bond motifs is 6. The number of methoxy groups -OCH3 is 1. The third-order valence-electron chi connectivity index (χ3n) is 15.5. The quantitative estimate of drug-likeness (QED) is 0.142. The van der Waals surface area contributed by atoms with Crippen LogP contribution < -0.4 is 10.7 Å². The zero-order chi connectivity index (χ0) is 52.7. The predicted octanol–water partition coefficient (Wildman–Crippen LogP) is 6.30. The Bertz CT molecular complexity index is 2860. The molecular formula is C56H82N10O7S4. The lowest BCUT2D eigenvalue weighted by Crippen LogP contribution is -2.79. The number of likely N-dealkylation sites (N-methyl/N-ethyl adjacent to an activating group) is 1. The van der Waals surface area contributed by atoms with Gasteiger partial charge in [0.15, 0.2) is 0 Å². The number of hydrogen-bond acceptors (Lipinski definition) is 11. The maximum absolute atomic E-state index is 14.8. The number of cyclic esters (lactones) is 1. The highest BCUT2D eigenvalue weighted by Crippen LogP contribution is 2.43. The van der Waals surface area contributed by atoms with Crippen LogP contribution in [0, 0.1) is 23.2 Å². The fourth-order valence-corrected chi connectivity index (χ4v) is 10.7. The predicted molar refractivity (Wildman–Crippen MR) is 321 cm³/mol. The van der Waals surface area contributed by atoms with Gasteiger partial charge in [-0.3, -0.25) is 39.1 Å². The number of rotatable bonds is 9. The van der Waals surface area contributed by atoms with Crippen molar-refractivity contribution < 1.29 is 33.4 Å². The molecule has 3 aromatic heterocycles. The minimum Gasteiger partial charge on any atom is -0.464 e. The molecule has 2 N–H and O–H groups in total. The third-order valence-corrected chi connectivity index (χ3v) is 15.5. The van der Waals surface area contributed by atoms with Crippen LogP contribution in [0.4, 0.5) is 4.79 Å². The van der Waals surface area contributed by atoms with Crippen molar-refractivity contribution in [2.24, 2.45) is 11.3 Å². The van der Waals surface area contributed by atoms with Gasteiger partial charge in [0.25, 0.3) is 11.8 Å². The molecule has 4 aliphatic rings. The van der Waals surface area contributed by atoms with Gasteiger partial charge in [0, 0.05) is 92.6 Å². The molecule has 0 radical (unpaired) electrons. The molecule has 21 heteroatoms. The van der Waals surface area contributed by atoms with Gasteiger partial charge in [-0.15, -0.1) is 0 Å². The van der Waals surface area contributed by atoms with Crippen molar-refractivity contribution in [1.29, 1.82) is 0 Å². The summed E-state index contributed by atoms with van der Waals surface area (Å²) in [5.74, 6) is 3.83. The molecule has 1 spiro atoms. The number of hydrazine groups is 1. The molecular weight excluding hydrogens is 1050 g/mol. The molecule has 7 heterocycles. The van der Waals surface area contributed by atoms with E-state index in [0.717, 1.165) is 45.4 Å². The zero-order valence-electron chi connectivity index (χ0n) is 46.8. The summed E-state index contributed by atoms with van der Waals surface area (Å²) in [6.45, 7) is 18.3. The van der Waals surface area contributed by atoms with Gasteiger partial charge in [0.05, 0.1) is 40.9 Å². The molecule has 5 amide bonds. The molecule has 6 bridgehead atoms. The molecule has 17 nitrogen and oxygen atoms in total. The average molecular weight is 1140 g/mol. The van der Waals surface area contributed by atoms with Crippen molar-refractivity contribution in [3.05, 3.63) is 71.7 Å². The van der Waals surface area contributed by atoms with Crippen molar-refractivity contribution >= 4 is 94.6 Å². The van der Waals surface area contributed by atoms with E-state index in [1.165, 1.54) is 9.91 Å². The number of ether oxygens (including phenoxy) is 2. The molecule has 0 unspecified atom stereocenters. The molecule has 422 valence electrons. The largest absolute Gasteiger partial charge is 0.464 e. The molecule has 8 rings (SSSR count). The molecule has 4 atom stereocenters. The molecule has 1 aromatic carbocycles. The van der Waals surface area contributed by atoms with Crippen LogP contribution in [0.3, 0.4) is 0 Å². The Morgan fingerprint density at radius 1 is 1.00 bits per heavy atom. The zero-order valence-corrected chi connectivity index (χ0v) is 50.8. The van der Waals surface area contributed by atoms with Gasteiger partial charge in [-0.1, -0.05) is 45.7 Å². The van der Waals surface area contributed by atoms with E-state index < -0.39 is 52.4 Å². The number of hydrogen-bond donors (Lipinski definition) is 2. The lowest BCUT2D eigenvalue weighted by atomic mass is 9.77. The number of nitrogens with zero attached hydrogens (tertiary/aromatic N) is 8. The SMILES string of the molecule is CCn1c(-c2cccnc2[C@H](C)OC)c2c3cc(ccc31)-c1cccc(n1)C[C@H](NC(=O)[C@H](C(C)C)N(C)C(=O)N1CCC13CN(C(=O)C#CC(C)(C)N(C)C)C3)C(=O)N1CCC[C@H](N1)C(=O)OCC(C)(C)C2.S.S.S.S. The van der Waals surface area contributed by atoms with E-state index in [2.05, 4.69) is 72.2 Å². The number of benzene rings is 1. The summed E-state index contributed by atoms with van der Waals surface area (Å²) in [7, 11) is 7.12. The van der Waals surface area contributed by atoms with Crippen molar-refractivity contribution in [1.82, 2.24) is 49.9 Å². The summed E-state index contributed by atoms with van der Waals surface area (Å²) in [5, 5.41) is 5.51. The van der Waals surface area contributed by atoms with Crippen LogP contribution in [0.5, 0.6) is 0 Å². The molecule has 77 heavy (non-hydrogen) atoms. The number of esters is 1. The Labute approximate surface area is 483 Å². The molecule has 3 saturated heterocycles. The van der Waals surface area contributed by atoms with Crippen molar-refractivity contribution in [2.75, 3.05) is 61.0 Å². The number of carbonyl (C=O) groups excluding carboxylic acids is 5. The van der Waals surface area contributed by atoms with Gasteiger partial charge in [0.2, 0.25) is 5.91 Å². The number of carbonyl (C=O) groups is 5. The van der Waals surface area contributed by atoms with E-state index in [1.807, 2.05) is 77.9 Å². The summed E-state index contributed by atoms with van der Waals surface area (Å²) < 4.78 is 14.3. The normalized spacial score (nSPS) is 19.5. The van der Waals surface area contributed by atoms with Crippen LogP contribution in [0.15, 0.2) is 54.7 Å². The van der Waals surface area contributed by atoms with Crippen LogP contribution in [0.2, 0.25) is 0 Å². The highest BCUT2D eigenvalue weighted by molar-refractivity contribution is 7.59. The Morgan fingerprint density at radius 2 is 1.71 bits per heavy atom. The van der Waals surface area contributed by atoms with E-state index in [-0.39, 0.29) is 91.0 Å². The van der Waals surface area contributed by atoms with Crippen LogP contribution in [0.1, 0.15) is 97.7 Å². The van der Waals surface area contributed by atoms with E-state index in [9.17, 15) is 24.0 Å². The first kappa shape index (κ1) is 64.6. The monoisotopic (exact) mass is 1130 g/mol. The maximum Gasteiger partial charge on any atom is 0.324 e. The summed E-state index contributed by atoms with van der Waals surface area (Å²) >= 11 is 0. The van der Waals surface area contributed by atoms with E-state index in [1.54, 1.807) is 30.2 Å². The number of nitrogens with one attached hydrogen (secondary N) is 2. The fraction of sp³-hybridized carbons (Fsp3) is 0.554. The van der Waals surface area contributed by atoms with Crippen molar-refractivity contribution in [3.63, 3.8) is 0 Å². The molecule has 3 fully saturated rings. The highest BCUT2D eigenvalue weighted by atomic mass is 32.1. The van der Waals surface area contributed by atoms with Gasteiger partial charge in [-0.25, -0.2) is 10.2 Å². The highest BCUT2D eigenvalue weighted by Gasteiger charge is 2.57. The number of likely N-dealkylation sites (tertiary alicyclic amines) is 2. The van der Waals surface area contributed by atoms with Gasteiger partial charge in [-0.05, 0) is 121 Å². The summed E-state index contributed by atoms with van der Waals surface area (Å²) in [6.07, 6.45) is 3.82. The van der Waals surface area contributed by atoms with E-state index in [0.29, 0.717) is 63.4 Å². The smallest absolute Gasteiger partial charge is 0.324 e. The summed E-state index contributed by atoms with van der Waals surface area (Å²) in [5.41, 5.74) is 8.71. The summed E-state index contributed by atoms with van der Waals surface area (Å²) in [6, 6.07) is 12.9. The lowest BCUT2D eigenvalue weighted by molar-refractivity contribution is -0.155. The first-order chi connectivity index (χ1) is 34.6. The fourth-order valence-electron chi connectivity index (χ4n) is 10.7. The van der Waals surface area contributed by atoms with Crippen molar-refractivity contribution in [3.8, 4) is 34.4 Å². The van der Waals surface area contributed by atoms with Crippen molar-refractivity contribution in [2.45, 2.75) is 129 Å². The van der Waals surface area contributed by atoms with Crippen LogP contribution >= 0.6 is 54.0 Å². The number of urea groups is 1. The molecule has 0 aliphatic carbocycles. The number of pyridine rings is 2. The van der Waals surface area contributed by atoms with Gasteiger partial charge < -0.3 is 34.1 Å². The Kier molecular flexibility index (Phi) is 21.7. The Hall–Kier alpha value is -4.95. The van der Waals surface area contributed by atoms with Crippen LogP contribution in [-0.2, 0) is 48.0 Å². The first-order valence-corrected chi connectivity index (χ1v) is 25.8. The third kappa shape index (κ3) is 13.2. The second-order valence-electron chi connectivity index (χ2n) is 22.2. The van der Waals surface area contributed by atoms with Crippen LogP contribution in [-0.4, -0.2) is 159 Å². The number of aryl methyl sites for hydroxylation is 1.